The van der Waals surface area contributed by atoms with Crippen molar-refractivity contribution >= 4 is 15.9 Å². The summed E-state index contributed by atoms with van der Waals surface area (Å²) in [6.45, 7) is 2.63. The van der Waals surface area contributed by atoms with Gasteiger partial charge in [-0.05, 0) is 30.5 Å². The molecule has 0 aromatic heterocycles. The molecular weight excluding hydrogens is 423 g/mol. The van der Waals surface area contributed by atoms with Gasteiger partial charge in [0.1, 0.15) is 6.04 Å². The Balaban J connectivity index is 1.74. The minimum absolute atomic E-state index is 0.165. The molecule has 2 heterocycles. The van der Waals surface area contributed by atoms with Gasteiger partial charge in [0.2, 0.25) is 15.9 Å². The van der Waals surface area contributed by atoms with Crippen LogP contribution in [0.5, 0.6) is 0 Å². The molecule has 0 bridgehead atoms. The van der Waals surface area contributed by atoms with Crippen LogP contribution >= 0.6 is 0 Å². The summed E-state index contributed by atoms with van der Waals surface area (Å²) < 4.78 is 69.0. The highest BCUT2D eigenvalue weighted by Crippen LogP contribution is 2.31. The number of hydrogen-bond donors (Lipinski definition) is 1. The van der Waals surface area contributed by atoms with Crippen molar-refractivity contribution in [1.82, 2.24) is 14.5 Å². The van der Waals surface area contributed by atoms with Crippen LogP contribution < -0.4 is 5.32 Å². The highest BCUT2D eigenvalue weighted by Gasteiger charge is 2.37. The molecule has 7 nitrogen and oxygen atoms in total. The van der Waals surface area contributed by atoms with Crippen LogP contribution in [0.25, 0.3) is 0 Å². The SMILES string of the molecule is CS(=O)(=O)N1CCCC1C(=O)NCC(c1ccc(C(F)(F)F)cc1)N1CCOCC1. The summed E-state index contributed by atoms with van der Waals surface area (Å²) in [6.07, 6.45) is -2.28. The summed E-state index contributed by atoms with van der Waals surface area (Å²) in [4.78, 5) is 14.7. The minimum Gasteiger partial charge on any atom is -0.379 e. The van der Waals surface area contributed by atoms with Crippen molar-refractivity contribution in [3.8, 4) is 0 Å². The molecule has 2 unspecified atom stereocenters. The molecule has 168 valence electrons. The molecule has 0 aliphatic carbocycles. The Morgan fingerprint density at radius 1 is 1.20 bits per heavy atom. The number of rotatable bonds is 6. The lowest BCUT2D eigenvalue weighted by molar-refractivity contribution is -0.137. The summed E-state index contributed by atoms with van der Waals surface area (Å²) in [6, 6.07) is 3.83. The lowest BCUT2D eigenvalue weighted by Gasteiger charge is -2.35. The number of hydrogen-bond acceptors (Lipinski definition) is 5. The van der Waals surface area contributed by atoms with Crippen LogP contribution in [-0.2, 0) is 25.7 Å². The molecule has 2 aliphatic heterocycles. The number of carbonyl (C=O) groups is 1. The Kier molecular flexibility index (Phi) is 7.05. The fraction of sp³-hybridized carbons (Fsp3) is 0.632. The van der Waals surface area contributed by atoms with Gasteiger partial charge in [-0.25, -0.2) is 8.42 Å². The maximum Gasteiger partial charge on any atom is 0.416 e. The summed E-state index contributed by atoms with van der Waals surface area (Å²) in [5.74, 6) is -0.386. The molecule has 1 N–H and O–H groups in total. The molecule has 11 heteroatoms. The Labute approximate surface area is 174 Å². The third-order valence-electron chi connectivity index (χ3n) is 5.51. The first-order valence-electron chi connectivity index (χ1n) is 9.81. The number of benzene rings is 1. The lowest BCUT2D eigenvalue weighted by Crippen LogP contribution is -2.49. The zero-order valence-corrected chi connectivity index (χ0v) is 17.5. The van der Waals surface area contributed by atoms with Gasteiger partial charge in [-0.2, -0.15) is 17.5 Å². The van der Waals surface area contributed by atoms with Gasteiger partial charge in [-0.3, -0.25) is 9.69 Å². The van der Waals surface area contributed by atoms with Crippen molar-refractivity contribution in [2.75, 3.05) is 45.6 Å². The monoisotopic (exact) mass is 449 g/mol. The number of amides is 1. The number of carbonyl (C=O) groups excluding carboxylic acids is 1. The van der Waals surface area contributed by atoms with Crippen LogP contribution in [0.1, 0.15) is 30.0 Å². The summed E-state index contributed by atoms with van der Waals surface area (Å²) >= 11 is 0. The number of alkyl halides is 3. The normalized spacial score (nSPS) is 22.7. The molecule has 2 fully saturated rings. The van der Waals surface area contributed by atoms with Crippen molar-refractivity contribution in [1.29, 1.82) is 0 Å². The number of sulfonamides is 1. The maximum atomic E-state index is 12.9. The molecule has 0 radical (unpaired) electrons. The van der Waals surface area contributed by atoms with E-state index in [1.807, 2.05) is 0 Å². The van der Waals surface area contributed by atoms with Gasteiger partial charge in [0.15, 0.2) is 0 Å². The second-order valence-corrected chi connectivity index (χ2v) is 9.50. The van der Waals surface area contributed by atoms with Crippen molar-refractivity contribution in [3.05, 3.63) is 35.4 Å². The second-order valence-electron chi connectivity index (χ2n) is 7.56. The van der Waals surface area contributed by atoms with Gasteiger partial charge in [0.05, 0.1) is 31.1 Å². The van der Waals surface area contributed by atoms with E-state index in [9.17, 15) is 26.4 Å². The lowest BCUT2D eigenvalue weighted by atomic mass is 10.0. The molecule has 3 rings (SSSR count). The van der Waals surface area contributed by atoms with Crippen LogP contribution in [-0.4, -0.2) is 75.2 Å². The first-order chi connectivity index (χ1) is 14.1. The summed E-state index contributed by atoms with van der Waals surface area (Å²) in [5, 5.41) is 2.82. The topological polar surface area (TPSA) is 79.0 Å². The molecule has 1 amide bonds. The predicted octanol–water partition coefficient (Wildman–Crippen LogP) is 1.62. The third-order valence-corrected chi connectivity index (χ3v) is 6.80. The van der Waals surface area contributed by atoms with Crippen LogP contribution in [0.2, 0.25) is 0 Å². The highest BCUT2D eigenvalue weighted by atomic mass is 32.2. The van der Waals surface area contributed by atoms with E-state index in [1.54, 1.807) is 0 Å². The molecule has 0 spiro atoms. The fourth-order valence-corrected chi connectivity index (χ4v) is 5.08. The number of halogens is 3. The molecular formula is C19H26F3N3O4S. The van der Waals surface area contributed by atoms with E-state index in [1.165, 1.54) is 16.4 Å². The first-order valence-corrected chi connectivity index (χ1v) is 11.7. The minimum atomic E-state index is -4.42. The number of nitrogens with zero attached hydrogens (tertiary/aromatic N) is 2. The van der Waals surface area contributed by atoms with E-state index >= 15 is 0 Å². The van der Waals surface area contributed by atoms with E-state index in [0.717, 1.165) is 18.4 Å². The standard InChI is InChI=1S/C19H26F3N3O4S/c1-30(27,28)25-8-2-3-16(25)18(26)23-13-17(24-9-11-29-12-10-24)14-4-6-15(7-5-14)19(20,21)22/h4-7,16-17H,2-3,8-13H2,1H3,(H,23,26). The quantitative estimate of drug-likeness (QED) is 0.714. The average molecular weight is 449 g/mol. The molecule has 2 aliphatic rings. The van der Waals surface area contributed by atoms with Crippen molar-refractivity contribution in [3.63, 3.8) is 0 Å². The molecule has 2 atom stereocenters. The van der Waals surface area contributed by atoms with Crippen LogP contribution in [0, 0.1) is 0 Å². The van der Waals surface area contributed by atoms with E-state index in [0.29, 0.717) is 51.3 Å². The van der Waals surface area contributed by atoms with Gasteiger partial charge in [0.25, 0.3) is 0 Å². The Bertz CT molecular complexity index is 840. The van der Waals surface area contributed by atoms with E-state index in [4.69, 9.17) is 4.74 Å². The summed E-state index contributed by atoms with van der Waals surface area (Å²) in [7, 11) is -3.49. The van der Waals surface area contributed by atoms with Crippen LogP contribution in [0.4, 0.5) is 13.2 Å². The Morgan fingerprint density at radius 3 is 2.40 bits per heavy atom. The van der Waals surface area contributed by atoms with Crippen molar-refractivity contribution < 1.29 is 31.1 Å². The predicted molar refractivity (Wildman–Crippen MR) is 104 cm³/mol. The number of ether oxygens (including phenoxy) is 1. The second kappa shape index (κ2) is 9.21. The largest absolute Gasteiger partial charge is 0.416 e. The van der Waals surface area contributed by atoms with Gasteiger partial charge in [-0.1, -0.05) is 12.1 Å². The van der Waals surface area contributed by atoms with Crippen molar-refractivity contribution in [2.24, 2.45) is 0 Å². The molecule has 1 aromatic carbocycles. The van der Waals surface area contributed by atoms with Gasteiger partial charge in [0, 0.05) is 26.2 Å². The van der Waals surface area contributed by atoms with Crippen molar-refractivity contribution in [2.45, 2.75) is 31.1 Å². The Hall–Kier alpha value is -1.69. The maximum absolute atomic E-state index is 12.9. The van der Waals surface area contributed by atoms with E-state index in [-0.39, 0.29) is 18.5 Å². The number of morpholine rings is 1. The summed E-state index contributed by atoms with van der Waals surface area (Å²) in [5.41, 5.74) is -0.0812. The Morgan fingerprint density at radius 2 is 1.83 bits per heavy atom. The van der Waals surface area contributed by atoms with Gasteiger partial charge >= 0.3 is 6.18 Å². The van der Waals surface area contributed by atoms with Gasteiger partial charge in [-0.15, -0.1) is 0 Å². The first kappa shape index (κ1) is 23.0. The molecule has 1 aromatic rings. The van der Waals surface area contributed by atoms with Crippen LogP contribution in [0.3, 0.4) is 0 Å². The molecule has 30 heavy (non-hydrogen) atoms. The zero-order chi connectivity index (χ0) is 21.9. The van der Waals surface area contributed by atoms with Crippen LogP contribution in [0.15, 0.2) is 24.3 Å². The van der Waals surface area contributed by atoms with Gasteiger partial charge < -0.3 is 10.1 Å². The fourth-order valence-electron chi connectivity index (χ4n) is 3.96. The average Bonchev–Trinajstić information content (AvgIpc) is 3.19. The third kappa shape index (κ3) is 5.51. The highest BCUT2D eigenvalue weighted by molar-refractivity contribution is 7.88. The number of nitrogens with one attached hydrogen (secondary N) is 1. The molecule has 0 saturated carbocycles. The van der Waals surface area contributed by atoms with E-state index < -0.39 is 27.8 Å². The zero-order valence-electron chi connectivity index (χ0n) is 16.7. The smallest absolute Gasteiger partial charge is 0.379 e. The molecule has 2 saturated heterocycles. The van der Waals surface area contributed by atoms with E-state index in [2.05, 4.69) is 10.2 Å².